The van der Waals surface area contributed by atoms with Gasteiger partial charge in [-0.2, -0.15) is 4.98 Å². The van der Waals surface area contributed by atoms with E-state index in [9.17, 15) is 4.79 Å². The molecule has 0 saturated heterocycles. The molecule has 0 atom stereocenters. The molecule has 1 aromatic carbocycles. The third kappa shape index (κ3) is 3.02. The van der Waals surface area contributed by atoms with Crippen LogP contribution in [0.3, 0.4) is 0 Å². The smallest absolute Gasteiger partial charge is 0.258 e. The summed E-state index contributed by atoms with van der Waals surface area (Å²) in [6.45, 7) is -0.310. The van der Waals surface area contributed by atoms with Gasteiger partial charge in [0.2, 0.25) is 0 Å². The number of hydrogen-bond acceptors (Lipinski definition) is 7. The highest BCUT2D eigenvalue weighted by Crippen LogP contribution is 2.41. The van der Waals surface area contributed by atoms with Gasteiger partial charge in [-0.1, -0.05) is 16.8 Å². The van der Waals surface area contributed by atoms with Gasteiger partial charge in [-0.05, 0) is 31.4 Å². The van der Waals surface area contributed by atoms with E-state index >= 15 is 0 Å². The molecule has 4 N–H and O–H groups in total. The first-order valence-corrected chi connectivity index (χ1v) is 7.73. The van der Waals surface area contributed by atoms with E-state index in [0.29, 0.717) is 17.1 Å². The van der Waals surface area contributed by atoms with Gasteiger partial charge in [0.25, 0.3) is 11.8 Å². The summed E-state index contributed by atoms with van der Waals surface area (Å²) >= 11 is 6.21. The van der Waals surface area contributed by atoms with Crippen molar-refractivity contribution in [2.45, 2.75) is 24.8 Å². The Morgan fingerprint density at radius 1 is 1.46 bits per heavy atom. The Balaban J connectivity index is 1.91. The number of carbonyl (C=O) groups is 1. The Bertz CT molecular complexity index is 773. The van der Waals surface area contributed by atoms with Crippen molar-refractivity contribution in [2.75, 3.05) is 13.7 Å². The van der Waals surface area contributed by atoms with E-state index in [1.807, 2.05) is 0 Å². The number of aromatic nitrogens is 2. The van der Waals surface area contributed by atoms with Crippen molar-refractivity contribution in [2.24, 2.45) is 11.5 Å². The second-order valence-corrected chi connectivity index (χ2v) is 6.08. The van der Waals surface area contributed by atoms with Crippen LogP contribution in [0.5, 0.6) is 11.5 Å². The predicted octanol–water partition coefficient (Wildman–Crippen LogP) is 1.60. The minimum Gasteiger partial charge on any atom is -0.493 e. The number of nitrogens with zero attached hydrogens (tertiary/aromatic N) is 2. The van der Waals surface area contributed by atoms with Crippen LogP contribution in [0.25, 0.3) is 11.5 Å². The van der Waals surface area contributed by atoms with Crippen LogP contribution in [0.1, 0.15) is 25.1 Å². The summed E-state index contributed by atoms with van der Waals surface area (Å²) in [5.41, 5.74) is 11.3. The van der Waals surface area contributed by atoms with Crippen molar-refractivity contribution in [3.05, 3.63) is 23.0 Å². The number of primary amides is 1. The number of rotatable bonds is 6. The predicted molar refractivity (Wildman–Crippen MR) is 85.7 cm³/mol. The molecule has 0 unspecified atom stereocenters. The van der Waals surface area contributed by atoms with Crippen LogP contribution in [0.2, 0.25) is 5.02 Å². The first-order valence-electron chi connectivity index (χ1n) is 7.35. The fourth-order valence-corrected chi connectivity index (χ4v) is 2.72. The van der Waals surface area contributed by atoms with Crippen LogP contribution < -0.4 is 20.9 Å². The van der Waals surface area contributed by atoms with Gasteiger partial charge >= 0.3 is 0 Å². The summed E-state index contributed by atoms with van der Waals surface area (Å²) in [4.78, 5) is 15.2. The Morgan fingerprint density at radius 2 is 2.21 bits per heavy atom. The van der Waals surface area contributed by atoms with E-state index in [-0.39, 0.29) is 23.3 Å². The number of halogens is 1. The maximum absolute atomic E-state index is 10.9. The largest absolute Gasteiger partial charge is 0.493 e. The summed E-state index contributed by atoms with van der Waals surface area (Å²) in [7, 11) is 1.45. The second kappa shape index (κ2) is 6.29. The zero-order valence-corrected chi connectivity index (χ0v) is 13.8. The van der Waals surface area contributed by atoms with E-state index in [0.717, 1.165) is 19.3 Å². The molecule has 1 saturated carbocycles. The summed E-state index contributed by atoms with van der Waals surface area (Å²) in [5, 5.41) is 4.20. The monoisotopic (exact) mass is 352 g/mol. The van der Waals surface area contributed by atoms with Gasteiger partial charge in [-0.3, -0.25) is 4.79 Å². The molecule has 1 heterocycles. The molecule has 0 spiro atoms. The highest BCUT2D eigenvalue weighted by atomic mass is 35.5. The molecule has 8 nitrogen and oxygen atoms in total. The SMILES string of the molecule is COc1cc(-c2nc(C3(N)CCC3)no2)cc(Cl)c1OCC(N)=O. The molecule has 1 aromatic heterocycles. The summed E-state index contributed by atoms with van der Waals surface area (Å²) in [6.07, 6.45) is 2.71. The van der Waals surface area contributed by atoms with Gasteiger partial charge in [0.1, 0.15) is 0 Å². The van der Waals surface area contributed by atoms with Gasteiger partial charge in [-0.15, -0.1) is 0 Å². The summed E-state index contributed by atoms with van der Waals surface area (Å²) in [5.74, 6) is 0.684. The molecule has 128 valence electrons. The molecular weight excluding hydrogens is 336 g/mol. The standard InChI is InChI=1S/C15H17ClN4O4/c1-22-10-6-8(5-9(16)12(10)23-7-11(17)21)13-19-14(20-24-13)15(18)3-2-4-15/h5-6H,2-4,7,18H2,1H3,(H2,17,21). The normalized spacial score (nSPS) is 15.6. The topological polar surface area (TPSA) is 126 Å². The quantitative estimate of drug-likeness (QED) is 0.808. The fraction of sp³-hybridized carbons (Fsp3) is 0.400. The van der Waals surface area contributed by atoms with Crippen molar-refractivity contribution >= 4 is 17.5 Å². The maximum Gasteiger partial charge on any atom is 0.258 e. The Kier molecular flexibility index (Phi) is 4.33. The van der Waals surface area contributed by atoms with Crippen molar-refractivity contribution in [1.82, 2.24) is 10.1 Å². The molecule has 2 aromatic rings. The van der Waals surface area contributed by atoms with Crippen molar-refractivity contribution in [3.8, 4) is 23.0 Å². The maximum atomic E-state index is 10.9. The number of carbonyl (C=O) groups excluding carboxylic acids is 1. The van der Waals surface area contributed by atoms with Crippen LogP contribution in [0.15, 0.2) is 16.7 Å². The molecule has 0 bridgehead atoms. The van der Waals surface area contributed by atoms with E-state index in [1.165, 1.54) is 7.11 Å². The number of hydrogen-bond donors (Lipinski definition) is 2. The van der Waals surface area contributed by atoms with Crippen molar-refractivity contribution in [3.63, 3.8) is 0 Å². The molecule has 24 heavy (non-hydrogen) atoms. The second-order valence-electron chi connectivity index (χ2n) is 5.68. The van der Waals surface area contributed by atoms with Crippen LogP contribution in [-0.2, 0) is 10.3 Å². The van der Waals surface area contributed by atoms with E-state index in [2.05, 4.69) is 10.1 Å². The van der Waals surface area contributed by atoms with Gasteiger partial charge in [0.15, 0.2) is 23.9 Å². The lowest BCUT2D eigenvalue weighted by atomic mass is 9.77. The van der Waals surface area contributed by atoms with Gasteiger partial charge in [0.05, 0.1) is 17.7 Å². The zero-order valence-electron chi connectivity index (χ0n) is 13.0. The number of methoxy groups -OCH3 is 1. The number of amides is 1. The minimum atomic E-state index is -0.618. The average Bonchev–Trinajstić information content (AvgIpc) is 3.00. The number of benzene rings is 1. The number of ether oxygens (including phenoxy) is 2. The lowest BCUT2D eigenvalue weighted by Crippen LogP contribution is -2.44. The third-order valence-electron chi connectivity index (χ3n) is 3.95. The molecule has 0 aliphatic heterocycles. The van der Waals surface area contributed by atoms with Gasteiger partial charge in [-0.25, -0.2) is 0 Å². The minimum absolute atomic E-state index is 0.218. The van der Waals surface area contributed by atoms with Crippen LogP contribution >= 0.6 is 11.6 Å². The van der Waals surface area contributed by atoms with Gasteiger partial charge in [0, 0.05) is 5.56 Å². The lowest BCUT2D eigenvalue weighted by molar-refractivity contribution is -0.119. The van der Waals surface area contributed by atoms with Crippen molar-refractivity contribution < 1.29 is 18.8 Å². The molecular formula is C15H17ClN4O4. The first kappa shape index (κ1) is 16.5. The summed E-state index contributed by atoms with van der Waals surface area (Å²) in [6, 6.07) is 3.21. The van der Waals surface area contributed by atoms with Gasteiger partial charge < -0.3 is 25.5 Å². The average molecular weight is 353 g/mol. The zero-order chi connectivity index (χ0) is 17.3. The third-order valence-corrected chi connectivity index (χ3v) is 4.23. The lowest BCUT2D eigenvalue weighted by Gasteiger charge is -2.34. The molecule has 0 radical (unpaired) electrons. The fourth-order valence-electron chi connectivity index (χ4n) is 2.45. The highest BCUT2D eigenvalue weighted by molar-refractivity contribution is 6.32. The molecule has 1 fully saturated rings. The number of nitrogens with two attached hydrogens (primary N) is 2. The molecule has 1 amide bonds. The molecule has 9 heteroatoms. The molecule has 3 rings (SSSR count). The Morgan fingerprint density at radius 3 is 2.79 bits per heavy atom. The molecule has 1 aliphatic carbocycles. The van der Waals surface area contributed by atoms with E-state index in [4.69, 9.17) is 37.1 Å². The Hall–Kier alpha value is -2.32. The highest BCUT2D eigenvalue weighted by Gasteiger charge is 2.39. The van der Waals surface area contributed by atoms with Crippen molar-refractivity contribution in [1.29, 1.82) is 0 Å². The van der Waals surface area contributed by atoms with E-state index < -0.39 is 11.4 Å². The molecule has 1 aliphatic rings. The van der Waals surface area contributed by atoms with Crippen LogP contribution in [-0.4, -0.2) is 29.8 Å². The van der Waals surface area contributed by atoms with Crippen LogP contribution in [0, 0.1) is 0 Å². The van der Waals surface area contributed by atoms with Crippen LogP contribution in [0.4, 0.5) is 0 Å². The Labute approximate surface area is 143 Å². The summed E-state index contributed by atoms with van der Waals surface area (Å²) < 4.78 is 15.8. The van der Waals surface area contributed by atoms with E-state index in [1.54, 1.807) is 12.1 Å². The first-order chi connectivity index (χ1) is 11.4.